The summed E-state index contributed by atoms with van der Waals surface area (Å²) >= 11 is 0. The molecule has 2 fully saturated rings. The Morgan fingerprint density at radius 3 is 2.49 bits per heavy atom. The zero-order valence-corrected chi connectivity index (χ0v) is 20.4. The molecule has 10 heteroatoms. The number of hydrogen-bond acceptors (Lipinski definition) is 5. The van der Waals surface area contributed by atoms with Crippen molar-refractivity contribution < 1.29 is 23.5 Å². The molecule has 0 radical (unpaired) electrons. The summed E-state index contributed by atoms with van der Waals surface area (Å²) in [5.74, 6) is -3.40. The van der Waals surface area contributed by atoms with E-state index in [2.05, 4.69) is 10.6 Å². The zero-order chi connectivity index (χ0) is 26.3. The molecule has 8 nitrogen and oxygen atoms in total. The van der Waals surface area contributed by atoms with Crippen molar-refractivity contribution in [2.24, 2.45) is 5.92 Å². The quantitative estimate of drug-likeness (QED) is 0.425. The van der Waals surface area contributed by atoms with Crippen LogP contribution < -0.4 is 21.0 Å². The molecular weight excluding hydrogens is 482 g/mol. The standard InChI is InChI=1S/C27H28F2N4O4/c1-15(34)30-12-17-9-10-32(13-17)25-21(28)23(31-11-16-5-3-2-4-6-16)20-24(22(25)29)33(18-7-8-18)14-19(26(20)35)27(36)37/h2-6,14,17-18,31H,7-13H2,1H3,(H,30,34)(H,36,37). The first-order chi connectivity index (χ1) is 17.8. The van der Waals surface area contributed by atoms with Crippen LogP contribution in [0.25, 0.3) is 10.9 Å². The Morgan fingerprint density at radius 1 is 1.11 bits per heavy atom. The Balaban J connectivity index is 1.68. The summed E-state index contributed by atoms with van der Waals surface area (Å²) in [5.41, 5.74) is -1.17. The summed E-state index contributed by atoms with van der Waals surface area (Å²) in [7, 11) is 0. The van der Waals surface area contributed by atoms with E-state index in [0.29, 0.717) is 38.9 Å². The fourth-order valence-corrected chi connectivity index (χ4v) is 5.04. The number of rotatable bonds is 8. The molecular formula is C27H28F2N4O4. The highest BCUT2D eigenvalue weighted by molar-refractivity contribution is 6.00. The molecule has 2 heterocycles. The van der Waals surface area contributed by atoms with Crippen LogP contribution in [-0.4, -0.2) is 41.2 Å². The van der Waals surface area contributed by atoms with E-state index in [1.807, 2.05) is 30.3 Å². The first kappa shape index (κ1) is 24.7. The van der Waals surface area contributed by atoms with E-state index in [1.54, 1.807) is 4.90 Å². The minimum absolute atomic E-state index is 0.0131. The molecule has 1 saturated heterocycles. The van der Waals surface area contributed by atoms with Gasteiger partial charge in [0.15, 0.2) is 11.6 Å². The number of carbonyl (C=O) groups is 2. The van der Waals surface area contributed by atoms with Gasteiger partial charge in [-0.05, 0) is 30.7 Å². The number of anilines is 2. The average Bonchev–Trinajstić information content (AvgIpc) is 3.61. The number of benzene rings is 2. The van der Waals surface area contributed by atoms with E-state index in [-0.39, 0.29) is 46.7 Å². The third kappa shape index (κ3) is 4.75. The number of nitrogens with zero attached hydrogens (tertiary/aromatic N) is 2. The maximum Gasteiger partial charge on any atom is 0.341 e. The highest BCUT2D eigenvalue weighted by Gasteiger charge is 2.35. The molecule has 1 aliphatic heterocycles. The second-order valence-electron chi connectivity index (χ2n) is 9.77. The molecule has 0 spiro atoms. The maximum atomic E-state index is 16.2. The number of carboxylic acid groups (broad SMARTS) is 1. The van der Waals surface area contributed by atoms with Gasteiger partial charge in [-0.15, -0.1) is 0 Å². The van der Waals surface area contributed by atoms with Crippen LogP contribution in [0, 0.1) is 17.6 Å². The van der Waals surface area contributed by atoms with Crippen molar-refractivity contribution in [3.63, 3.8) is 0 Å². The molecule has 3 aromatic rings. The summed E-state index contributed by atoms with van der Waals surface area (Å²) in [6, 6.07) is 8.98. The van der Waals surface area contributed by atoms with Gasteiger partial charge in [0.05, 0.1) is 16.6 Å². The van der Waals surface area contributed by atoms with Crippen LogP contribution in [0.4, 0.5) is 20.2 Å². The third-order valence-electron chi connectivity index (χ3n) is 7.05. The van der Waals surface area contributed by atoms with Crippen LogP contribution in [0.3, 0.4) is 0 Å². The highest BCUT2D eigenvalue weighted by Crippen LogP contribution is 2.43. The van der Waals surface area contributed by atoms with E-state index >= 15 is 8.78 Å². The van der Waals surface area contributed by atoms with Gasteiger partial charge in [0.1, 0.15) is 11.3 Å². The lowest BCUT2D eigenvalue weighted by Gasteiger charge is -2.25. The van der Waals surface area contributed by atoms with Gasteiger partial charge in [-0.2, -0.15) is 0 Å². The van der Waals surface area contributed by atoms with Gasteiger partial charge in [-0.25, -0.2) is 13.6 Å². The predicted octanol–water partition coefficient (Wildman–Crippen LogP) is 3.89. The Hall–Kier alpha value is -3.95. The molecule has 37 heavy (non-hydrogen) atoms. The second-order valence-corrected chi connectivity index (χ2v) is 9.77. The monoisotopic (exact) mass is 510 g/mol. The Kier molecular flexibility index (Phi) is 6.57. The summed E-state index contributed by atoms with van der Waals surface area (Å²) in [5, 5.41) is 15.1. The number of carbonyl (C=O) groups excluding carboxylic acids is 1. The number of aromatic nitrogens is 1. The number of halogens is 2. The molecule has 3 N–H and O–H groups in total. The molecule has 0 bridgehead atoms. The summed E-state index contributed by atoms with van der Waals surface area (Å²) in [6.45, 7) is 2.68. The van der Waals surface area contributed by atoms with Gasteiger partial charge in [0, 0.05) is 45.3 Å². The molecule has 2 aromatic carbocycles. The number of nitrogens with one attached hydrogen (secondary N) is 2. The lowest BCUT2D eigenvalue weighted by molar-refractivity contribution is -0.119. The van der Waals surface area contributed by atoms with Crippen LogP contribution in [0.2, 0.25) is 0 Å². The zero-order valence-electron chi connectivity index (χ0n) is 20.4. The van der Waals surface area contributed by atoms with Crippen LogP contribution in [0.5, 0.6) is 0 Å². The molecule has 1 amide bonds. The lowest BCUT2D eigenvalue weighted by atomic mass is 10.0. The Labute approximate surface area is 211 Å². The predicted molar refractivity (Wildman–Crippen MR) is 136 cm³/mol. The fraction of sp³-hybridized carbons (Fsp3) is 0.370. The van der Waals surface area contributed by atoms with E-state index in [4.69, 9.17) is 0 Å². The third-order valence-corrected chi connectivity index (χ3v) is 7.05. The highest BCUT2D eigenvalue weighted by atomic mass is 19.1. The molecule has 1 unspecified atom stereocenters. The van der Waals surface area contributed by atoms with Gasteiger partial charge >= 0.3 is 5.97 Å². The van der Waals surface area contributed by atoms with Gasteiger partial charge < -0.3 is 25.2 Å². The topological polar surface area (TPSA) is 104 Å². The smallest absolute Gasteiger partial charge is 0.341 e. The van der Waals surface area contributed by atoms with E-state index in [1.165, 1.54) is 17.7 Å². The van der Waals surface area contributed by atoms with Crippen LogP contribution in [0.1, 0.15) is 48.1 Å². The van der Waals surface area contributed by atoms with Gasteiger partial charge in [0.25, 0.3) is 0 Å². The van der Waals surface area contributed by atoms with Crippen LogP contribution in [0.15, 0.2) is 41.3 Å². The number of fused-ring (bicyclic) bond motifs is 1. The van der Waals surface area contributed by atoms with Gasteiger partial charge in [-0.3, -0.25) is 9.59 Å². The van der Waals surface area contributed by atoms with Gasteiger partial charge in [-0.1, -0.05) is 30.3 Å². The minimum atomic E-state index is -1.44. The first-order valence-electron chi connectivity index (χ1n) is 12.4. The van der Waals surface area contributed by atoms with Crippen LogP contribution in [-0.2, 0) is 11.3 Å². The molecule has 194 valence electrons. The lowest BCUT2D eigenvalue weighted by Crippen LogP contribution is -2.30. The second kappa shape index (κ2) is 9.84. The van der Waals surface area contributed by atoms with Crippen molar-refractivity contribution >= 4 is 34.2 Å². The molecule has 5 rings (SSSR count). The minimum Gasteiger partial charge on any atom is -0.477 e. The van der Waals surface area contributed by atoms with Gasteiger partial charge in [0.2, 0.25) is 11.3 Å². The first-order valence-corrected chi connectivity index (χ1v) is 12.4. The van der Waals surface area contributed by atoms with E-state index < -0.39 is 28.6 Å². The molecule has 1 atom stereocenters. The SMILES string of the molecule is CC(=O)NCC1CCN(c2c(F)c(NCc3ccccc3)c3c(=O)c(C(=O)O)cn(C4CC4)c3c2F)C1. The number of carboxylic acids is 1. The summed E-state index contributed by atoms with van der Waals surface area (Å²) in [6.07, 6.45) is 3.23. The molecule has 1 aliphatic carbocycles. The number of amides is 1. The van der Waals surface area contributed by atoms with Crippen molar-refractivity contribution in [2.45, 2.75) is 38.8 Å². The number of aromatic carboxylic acids is 1. The largest absolute Gasteiger partial charge is 0.477 e. The van der Waals surface area contributed by atoms with Crippen molar-refractivity contribution in [3.8, 4) is 0 Å². The maximum absolute atomic E-state index is 16.2. The number of pyridine rings is 1. The van der Waals surface area contributed by atoms with Crippen molar-refractivity contribution in [1.82, 2.24) is 9.88 Å². The van der Waals surface area contributed by atoms with Crippen molar-refractivity contribution in [3.05, 3.63) is 69.5 Å². The van der Waals surface area contributed by atoms with E-state index in [0.717, 1.165) is 5.56 Å². The molecule has 1 saturated carbocycles. The Bertz CT molecular complexity index is 1440. The molecule has 1 aromatic heterocycles. The fourth-order valence-electron chi connectivity index (χ4n) is 5.04. The Morgan fingerprint density at radius 2 is 1.84 bits per heavy atom. The van der Waals surface area contributed by atoms with Crippen LogP contribution >= 0.6 is 0 Å². The van der Waals surface area contributed by atoms with Crippen molar-refractivity contribution in [2.75, 3.05) is 29.9 Å². The van der Waals surface area contributed by atoms with Crippen molar-refractivity contribution in [1.29, 1.82) is 0 Å². The number of hydrogen-bond donors (Lipinski definition) is 3. The normalized spacial score (nSPS) is 17.3. The summed E-state index contributed by atoms with van der Waals surface area (Å²) < 4.78 is 33.9. The molecule has 2 aliphatic rings. The summed E-state index contributed by atoms with van der Waals surface area (Å²) in [4.78, 5) is 38.1. The van der Waals surface area contributed by atoms with E-state index in [9.17, 15) is 19.5 Å². The average molecular weight is 511 g/mol.